The van der Waals surface area contributed by atoms with Gasteiger partial charge in [-0.1, -0.05) is 41.7 Å². The highest BCUT2D eigenvalue weighted by molar-refractivity contribution is 8.04. The maximum atomic E-state index is 13.3. The number of thiazole rings is 1. The molecule has 2 unspecified atom stereocenters. The molecule has 0 bridgehead atoms. The molecule has 10 heteroatoms. The van der Waals surface area contributed by atoms with Crippen molar-refractivity contribution in [2.45, 2.75) is 29.7 Å². The number of carbonyl (C=O) groups excluding carboxylic acids is 1. The predicted octanol–water partition coefficient (Wildman–Crippen LogP) is 3.16. The summed E-state index contributed by atoms with van der Waals surface area (Å²) >= 11 is 2.29. The lowest BCUT2D eigenvalue weighted by Gasteiger charge is -2.14. The number of thioether (sulfide) groups is 1. The van der Waals surface area contributed by atoms with Gasteiger partial charge in [0.1, 0.15) is 9.11 Å². The van der Waals surface area contributed by atoms with Crippen LogP contribution in [0.25, 0.3) is 0 Å². The van der Waals surface area contributed by atoms with E-state index in [0.717, 1.165) is 16.9 Å². The average Bonchev–Trinajstić information content (AvgIpc) is 3.19. The predicted molar refractivity (Wildman–Crippen MR) is 114 cm³/mol. The quantitative estimate of drug-likeness (QED) is 0.599. The summed E-state index contributed by atoms with van der Waals surface area (Å²) in [4.78, 5) is 27.3. The molecule has 28 heavy (non-hydrogen) atoms. The maximum absolute atomic E-state index is 13.3. The van der Waals surface area contributed by atoms with E-state index < -0.39 is 15.7 Å². The molecule has 1 aromatic heterocycles. The number of carbonyl (C=O) groups is 2. The van der Waals surface area contributed by atoms with Crippen LogP contribution in [0.4, 0.5) is 5.13 Å². The Morgan fingerprint density at radius 1 is 1.32 bits per heavy atom. The van der Waals surface area contributed by atoms with E-state index in [4.69, 9.17) is 0 Å². The van der Waals surface area contributed by atoms with Crippen molar-refractivity contribution in [3.63, 3.8) is 0 Å². The molecule has 0 saturated carbocycles. The molecule has 1 amide bonds. The monoisotopic (exact) mass is 437 g/mol. The highest BCUT2D eigenvalue weighted by Gasteiger charge is 2.32. The topological polar surface area (TPSA) is 108 Å². The van der Waals surface area contributed by atoms with Crippen molar-refractivity contribution in [2.75, 3.05) is 5.32 Å². The second-order valence-electron chi connectivity index (χ2n) is 6.18. The molecule has 0 saturated heterocycles. The first-order valence-electron chi connectivity index (χ1n) is 8.25. The SMILES string of the molecule is C=S(=O)(NC1=C(C(=O)O)SC(c2ccccc2)C1)c1sc(NC(C)=O)nc1C. The molecule has 1 aromatic carbocycles. The van der Waals surface area contributed by atoms with E-state index >= 15 is 0 Å². The third kappa shape index (κ3) is 4.40. The third-order valence-electron chi connectivity index (χ3n) is 3.91. The number of hydrogen-bond acceptors (Lipinski definition) is 6. The summed E-state index contributed by atoms with van der Waals surface area (Å²) in [5.74, 6) is 2.44. The average molecular weight is 438 g/mol. The van der Waals surface area contributed by atoms with Crippen molar-refractivity contribution in [3.8, 4) is 0 Å². The minimum atomic E-state index is -3.04. The number of allylic oxidation sites excluding steroid dienone is 1. The standard InChI is InChI=1S/C18H19N3O4S3/c1-10-17(27-18(19-10)20-11(2)22)28(3,25)21-13-9-14(26-15(13)16(23)24)12-7-5-4-6-8-12/h4-8,14H,3,9H2,1-2H3,(H,21,25)(H,23,24)(H,19,20,22). The zero-order valence-electron chi connectivity index (χ0n) is 15.2. The normalized spacial score (nSPS) is 18.6. The molecule has 2 atom stereocenters. The van der Waals surface area contributed by atoms with Gasteiger partial charge in [0.05, 0.1) is 15.4 Å². The number of rotatable bonds is 6. The Kier molecular flexibility index (Phi) is 5.82. The second-order valence-corrected chi connectivity index (χ2v) is 10.6. The van der Waals surface area contributed by atoms with Crippen molar-refractivity contribution in [2.24, 2.45) is 0 Å². The number of amides is 1. The van der Waals surface area contributed by atoms with Gasteiger partial charge >= 0.3 is 5.97 Å². The van der Waals surface area contributed by atoms with Crippen LogP contribution >= 0.6 is 23.1 Å². The van der Waals surface area contributed by atoms with Gasteiger partial charge in [0.15, 0.2) is 5.13 Å². The lowest BCUT2D eigenvalue weighted by molar-refractivity contribution is -0.131. The van der Waals surface area contributed by atoms with Crippen molar-refractivity contribution >= 4 is 55.7 Å². The fraction of sp³-hybridized carbons (Fsp3) is 0.222. The minimum absolute atomic E-state index is 0.0810. The number of aryl methyl sites for hydroxylation is 1. The van der Waals surface area contributed by atoms with E-state index in [1.165, 1.54) is 18.7 Å². The number of nitrogens with one attached hydrogen (secondary N) is 2. The molecular weight excluding hydrogens is 418 g/mol. The first-order chi connectivity index (χ1) is 13.2. The summed E-state index contributed by atoms with van der Waals surface area (Å²) in [7, 11) is -3.04. The molecule has 0 spiro atoms. The van der Waals surface area contributed by atoms with Gasteiger partial charge in [0, 0.05) is 24.3 Å². The highest BCUT2D eigenvalue weighted by atomic mass is 32.2. The van der Waals surface area contributed by atoms with Crippen LogP contribution in [0.1, 0.15) is 29.9 Å². The summed E-state index contributed by atoms with van der Waals surface area (Å²) in [5.41, 5.74) is 1.87. The Bertz CT molecular complexity index is 1060. The molecule has 0 radical (unpaired) electrons. The molecule has 1 aliphatic heterocycles. The molecule has 3 rings (SSSR count). The summed E-state index contributed by atoms with van der Waals surface area (Å²) in [6.07, 6.45) is 0.402. The van der Waals surface area contributed by atoms with Gasteiger partial charge in [-0.2, -0.15) is 0 Å². The van der Waals surface area contributed by atoms with Gasteiger partial charge in [-0.05, 0) is 18.4 Å². The van der Waals surface area contributed by atoms with E-state index in [-0.39, 0.29) is 16.1 Å². The number of nitrogens with zero attached hydrogens (tertiary/aromatic N) is 1. The van der Waals surface area contributed by atoms with Gasteiger partial charge < -0.3 is 15.1 Å². The fourth-order valence-corrected chi connectivity index (χ4v) is 6.91. The maximum Gasteiger partial charge on any atom is 0.344 e. The molecule has 0 fully saturated rings. The molecule has 2 heterocycles. The lowest BCUT2D eigenvalue weighted by Crippen LogP contribution is -2.24. The second kappa shape index (κ2) is 7.98. The first-order valence-corrected chi connectivity index (χ1v) is 11.7. The van der Waals surface area contributed by atoms with Gasteiger partial charge in [0.25, 0.3) is 0 Å². The number of anilines is 1. The zero-order chi connectivity index (χ0) is 20.5. The fourth-order valence-electron chi connectivity index (χ4n) is 2.79. The van der Waals surface area contributed by atoms with Crippen LogP contribution in [0.15, 0.2) is 45.1 Å². The highest BCUT2D eigenvalue weighted by Crippen LogP contribution is 2.47. The van der Waals surface area contributed by atoms with E-state index in [1.54, 1.807) is 6.92 Å². The molecule has 7 nitrogen and oxygen atoms in total. The molecule has 3 N–H and O–H groups in total. The number of benzene rings is 1. The number of hydrogen-bond donors (Lipinski definition) is 3. The Hall–Kier alpha value is -2.30. The third-order valence-corrected chi connectivity index (χ3v) is 8.69. The minimum Gasteiger partial charge on any atom is -0.477 e. The van der Waals surface area contributed by atoms with Gasteiger partial charge in [-0.3, -0.25) is 4.79 Å². The molecular formula is C18H19N3O4S3. The zero-order valence-corrected chi connectivity index (χ0v) is 17.7. The van der Waals surface area contributed by atoms with Crippen molar-refractivity contribution in [1.82, 2.24) is 9.71 Å². The summed E-state index contributed by atoms with van der Waals surface area (Å²) < 4.78 is 16.5. The molecule has 148 valence electrons. The largest absolute Gasteiger partial charge is 0.477 e. The summed E-state index contributed by atoms with van der Waals surface area (Å²) in [6, 6.07) is 9.58. The van der Waals surface area contributed by atoms with Gasteiger partial charge in [-0.25, -0.2) is 14.0 Å². The van der Waals surface area contributed by atoms with Crippen molar-refractivity contribution in [3.05, 3.63) is 52.2 Å². The Morgan fingerprint density at radius 2 is 2.00 bits per heavy atom. The number of carboxylic acids is 1. The van der Waals surface area contributed by atoms with Crippen molar-refractivity contribution in [1.29, 1.82) is 0 Å². The van der Waals surface area contributed by atoms with E-state index in [1.807, 2.05) is 30.3 Å². The van der Waals surface area contributed by atoms with Gasteiger partial charge in [0.2, 0.25) is 5.91 Å². The molecule has 1 aliphatic rings. The van der Waals surface area contributed by atoms with Crippen molar-refractivity contribution < 1.29 is 18.9 Å². The van der Waals surface area contributed by atoms with Crippen LogP contribution < -0.4 is 10.0 Å². The summed E-state index contributed by atoms with van der Waals surface area (Å²) in [5, 5.41) is 12.4. The van der Waals surface area contributed by atoms with Crippen LogP contribution in [-0.2, 0) is 19.3 Å². The first kappa shape index (κ1) is 20.4. The van der Waals surface area contributed by atoms with Crippen LogP contribution in [0, 0.1) is 6.92 Å². The van der Waals surface area contributed by atoms with Gasteiger partial charge in [-0.15, -0.1) is 11.8 Å². The molecule has 0 aliphatic carbocycles. The lowest BCUT2D eigenvalue weighted by atomic mass is 10.1. The number of aromatic nitrogens is 1. The summed E-state index contributed by atoms with van der Waals surface area (Å²) in [6.45, 7) is 3.03. The van der Waals surface area contributed by atoms with Crippen LogP contribution in [0.5, 0.6) is 0 Å². The van der Waals surface area contributed by atoms with E-state index in [0.29, 0.717) is 27.2 Å². The Labute approximate surface area is 171 Å². The van der Waals surface area contributed by atoms with E-state index in [2.05, 4.69) is 20.9 Å². The Balaban J connectivity index is 1.87. The Morgan fingerprint density at radius 3 is 2.61 bits per heavy atom. The van der Waals surface area contributed by atoms with Crippen LogP contribution in [0.2, 0.25) is 0 Å². The van der Waals surface area contributed by atoms with E-state index in [9.17, 15) is 18.9 Å². The van der Waals surface area contributed by atoms with Crippen LogP contribution in [-0.4, -0.2) is 32.0 Å². The number of carboxylic acid groups (broad SMARTS) is 1. The number of aliphatic carboxylic acids is 1. The molecule has 2 aromatic rings. The smallest absolute Gasteiger partial charge is 0.344 e. The van der Waals surface area contributed by atoms with Crippen LogP contribution in [0.3, 0.4) is 0 Å².